The second-order valence-electron chi connectivity index (χ2n) is 6.05. The Balaban J connectivity index is 1.98. The summed E-state index contributed by atoms with van der Waals surface area (Å²) in [5.74, 6) is 0.0908. The topological polar surface area (TPSA) is 55.2 Å². The number of carbonyl (C=O) groups is 1. The molecule has 5 nitrogen and oxygen atoms in total. The van der Waals surface area contributed by atoms with Crippen LogP contribution in [0.25, 0.3) is 10.9 Å². The zero-order chi connectivity index (χ0) is 18.0. The van der Waals surface area contributed by atoms with Gasteiger partial charge in [-0.1, -0.05) is 29.4 Å². The van der Waals surface area contributed by atoms with Crippen molar-refractivity contribution in [3.8, 4) is 0 Å². The Morgan fingerprint density at radius 3 is 2.84 bits per heavy atom. The van der Waals surface area contributed by atoms with E-state index in [1.807, 2.05) is 11.8 Å². The van der Waals surface area contributed by atoms with Crippen LogP contribution in [0.3, 0.4) is 0 Å². The number of hydrogen-bond acceptors (Lipinski definition) is 4. The summed E-state index contributed by atoms with van der Waals surface area (Å²) < 4.78 is 1.56. The van der Waals surface area contributed by atoms with Gasteiger partial charge in [0.15, 0.2) is 5.16 Å². The quantitative estimate of drug-likeness (QED) is 0.455. The van der Waals surface area contributed by atoms with Gasteiger partial charge in [0.2, 0.25) is 5.91 Å². The van der Waals surface area contributed by atoms with Gasteiger partial charge in [-0.05, 0) is 38.0 Å². The van der Waals surface area contributed by atoms with Crippen LogP contribution in [0.2, 0.25) is 5.02 Å². The predicted octanol–water partition coefficient (Wildman–Crippen LogP) is 3.34. The maximum atomic E-state index is 12.8. The molecule has 2 aromatic rings. The fourth-order valence-corrected chi connectivity index (χ4v) is 4.13. The zero-order valence-electron chi connectivity index (χ0n) is 14.1. The first-order valence-corrected chi connectivity index (χ1v) is 9.53. The first-order chi connectivity index (χ1) is 12.0. The lowest BCUT2D eigenvalue weighted by atomic mass is 10.2. The number of benzene rings is 1. The van der Waals surface area contributed by atoms with Crippen LogP contribution in [0, 0.1) is 0 Å². The van der Waals surface area contributed by atoms with Crippen molar-refractivity contribution in [2.75, 3.05) is 13.1 Å². The molecular formula is C18H20ClN3O2S. The Morgan fingerprint density at radius 1 is 1.44 bits per heavy atom. The Kier molecular flexibility index (Phi) is 5.49. The lowest BCUT2D eigenvalue weighted by Gasteiger charge is -2.20. The fraction of sp³-hybridized carbons (Fsp3) is 0.389. The van der Waals surface area contributed by atoms with E-state index in [0.717, 1.165) is 25.9 Å². The standard InChI is InChI=1S/C18H20ClN3O2S/c1-3-8-22-17(24)14-7-6-13(19)11-15(14)20-18(22)25-12(2)16(23)21-9-4-5-10-21/h3,6-7,11-12H,1,4-5,8-10H2,2H3. The first-order valence-electron chi connectivity index (χ1n) is 8.27. The van der Waals surface area contributed by atoms with Gasteiger partial charge in [0.05, 0.1) is 16.2 Å². The molecule has 2 heterocycles. The number of allylic oxidation sites excluding steroid dienone is 1. The van der Waals surface area contributed by atoms with E-state index in [1.54, 1.807) is 28.8 Å². The van der Waals surface area contributed by atoms with Crippen LogP contribution in [-0.4, -0.2) is 38.7 Å². The van der Waals surface area contributed by atoms with Crippen LogP contribution in [0.1, 0.15) is 19.8 Å². The van der Waals surface area contributed by atoms with Crippen LogP contribution in [0.4, 0.5) is 0 Å². The summed E-state index contributed by atoms with van der Waals surface area (Å²) in [5.41, 5.74) is 0.394. The third-order valence-corrected chi connectivity index (χ3v) is 5.55. The second-order valence-corrected chi connectivity index (χ2v) is 7.80. The highest BCUT2D eigenvalue weighted by Crippen LogP contribution is 2.26. The molecule has 1 aromatic heterocycles. The number of carbonyl (C=O) groups excluding carboxylic acids is 1. The molecule has 3 rings (SSSR count). The minimum atomic E-state index is -0.308. The Bertz CT molecular complexity index is 874. The maximum absolute atomic E-state index is 12.8. The van der Waals surface area contributed by atoms with Crippen LogP contribution in [0.5, 0.6) is 0 Å². The molecule has 0 radical (unpaired) electrons. The van der Waals surface area contributed by atoms with Crippen molar-refractivity contribution in [1.29, 1.82) is 0 Å². The number of thioether (sulfide) groups is 1. The second kappa shape index (κ2) is 7.62. The SMILES string of the molecule is C=CCn1c(SC(C)C(=O)N2CCCC2)nc2cc(Cl)ccc2c1=O. The van der Waals surface area contributed by atoms with Crippen molar-refractivity contribution in [1.82, 2.24) is 14.5 Å². The van der Waals surface area contributed by atoms with E-state index >= 15 is 0 Å². The molecular weight excluding hydrogens is 358 g/mol. The van der Waals surface area contributed by atoms with Crippen LogP contribution < -0.4 is 5.56 Å². The summed E-state index contributed by atoms with van der Waals surface area (Å²) in [4.78, 5) is 31.8. The molecule has 0 saturated carbocycles. The molecule has 0 spiro atoms. The van der Waals surface area contributed by atoms with Gasteiger partial charge in [0, 0.05) is 24.7 Å². The van der Waals surface area contributed by atoms with Gasteiger partial charge < -0.3 is 4.90 Å². The lowest BCUT2D eigenvalue weighted by molar-refractivity contribution is -0.129. The summed E-state index contributed by atoms with van der Waals surface area (Å²) in [6.45, 7) is 7.54. The van der Waals surface area contributed by atoms with Gasteiger partial charge in [0.1, 0.15) is 0 Å². The van der Waals surface area contributed by atoms with Crippen molar-refractivity contribution in [3.63, 3.8) is 0 Å². The van der Waals surface area contributed by atoms with Crippen molar-refractivity contribution in [2.24, 2.45) is 0 Å². The van der Waals surface area contributed by atoms with Gasteiger partial charge in [-0.25, -0.2) is 4.98 Å². The van der Waals surface area contributed by atoms with E-state index < -0.39 is 0 Å². The summed E-state index contributed by atoms with van der Waals surface area (Å²) in [5, 5.41) is 1.24. The molecule has 7 heteroatoms. The largest absolute Gasteiger partial charge is 0.342 e. The highest BCUT2D eigenvalue weighted by Gasteiger charge is 2.25. The highest BCUT2D eigenvalue weighted by molar-refractivity contribution is 8.00. The molecule has 1 aromatic carbocycles. The van der Waals surface area contributed by atoms with E-state index in [9.17, 15) is 9.59 Å². The van der Waals surface area contributed by atoms with E-state index in [4.69, 9.17) is 11.6 Å². The number of likely N-dealkylation sites (tertiary alicyclic amines) is 1. The van der Waals surface area contributed by atoms with Crippen molar-refractivity contribution >= 4 is 40.2 Å². The van der Waals surface area contributed by atoms with Crippen molar-refractivity contribution < 1.29 is 4.79 Å². The lowest BCUT2D eigenvalue weighted by Crippen LogP contribution is -2.34. The van der Waals surface area contributed by atoms with Gasteiger partial charge in [-0.2, -0.15) is 0 Å². The molecule has 1 aliphatic heterocycles. The summed E-state index contributed by atoms with van der Waals surface area (Å²) in [7, 11) is 0. The number of aromatic nitrogens is 2. The summed E-state index contributed by atoms with van der Waals surface area (Å²) >= 11 is 7.34. The predicted molar refractivity (Wildman–Crippen MR) is 102 cm³/mol. The third-order valence-electron chi connectivity index (χ3n) is 4.24. The molecule has 0 aliphatic carbocycles. The molecule has 1 saturated heterocycles. The number of rotatable bonds is 5. The Labute approximate surface area is 155 Å². The van der Waals surface area contributed by atoms with Crippen molar-refractivity contribution in [3.05, 3.63) is 46.2 Å². The number of fused-ring (bicyclic) bond motifs is 1. The summed E-state index contributed by atoms with van der Waals surface area (Å²) in [6, 6.07) is 5.03. The molecule has 1 unspecified atom stereocenters. The number of nitrogens with zero attached hydrogens (tertiary/aromatic N) is 3. The van der Waals surface area contributed by atoms with Gasteiger partial charge in [-0.15, -0.1) is 6.58 Å². The van der Waals surface area contributed by atoms with Crippen LogP contribution >= 0.6 is 23.4 Å². The Morgan fingerprint density at radius 2 is 2.16 bits per heavy atom. The first kappa shape index (κ1) is 18.0. The fourth-order valence-electron chi connectivity index (χ4n) is 2.96. The molecule has 0 bridgehead atoms. The van der Waals surface area contributed by atoms with Gasteiger partial charge in [-0.3, -0.25) is 14.2 Å². The van der Waals surface area contributed by atoms with Gasteiger partial charge >= 0.3 is 0 Å². The van der Waals surface area contributed by atoms with Crippen LogP contribution in [-0.2, 0) is 11.3 Å². The molecule has 1 aliphatic rings. The zero-order valence-corrected chi connectivity index (χ0v) is 15.6. The molecule has 1 atom stereocenters. The highest BCUT2D eigenvalue weighted by atomic mass is 35.5. The van der Waals surface area contributed by atoms with Gasteiger partial charge in [0.25, 0.3) is 5.56 Å². The third kappa shape index (κ3) is 3.75. The van der Waals surface area contributed by atoms with E-state index in [2.05, 4.69) is 11.6 Å². The van der Waals surface area contributed by atoms with E-state index in [-0.39, 0.29) is 16.7 Å². The molecule has 132 valence electrons. The monoisotopic (exact) mass is 377 g/mol. The average Bonchev–Trinajstić information content (AvgIpc) is 3.11. The maximum Gasteiger partial charge on any atom is 0.262 e. The Hall–Kier alpha value is -1.79. The number of amides is 1. The molecule has 25 heavy (non-hydrogen) atoms. The normalized spacial score (nSPS) is 15.5. The number of halogens is 1. The van der Waals surface area contributed by atoms with E-state index in [1.165, 1.54) is 11.8 Å². The van der Waals surface area contributed by atoms with E-state index in [0.29, 0.717) is 27.6 Å². The minimum Gasteiger partial charge on any atom is -0.342 e. The van der Waals surface area contributed by atoms with Crippen LogP contribution in [0.15, 0.2) is 40.8 Å². The average molecular weight is 378 g/mol. The summed E-state index contributed by atoms with van der Waals surface area (Å²) in [6.07, 6.45) is 3.76. The molecule has 1 fully saturated rings. The minimum absolute atomic E-state index is 0.0908. The van der Waals surface area contributed by atoms with Crippen molar-refractivity contribution in [2.45, 2.75) is 36.7 Å². The molecule has 1 amide bonds. The number of hydrogen-bond donors (Lipinski definition) is 0. The smallest absolute Gasteiger partial charge is 0.262 e. The molecule has 0 N–H and O–H groups in total.